The molecule has 1 aliphatic rings. The van der Waals surface area contributed by atoms with Crippen LogP contribution < -0.4 is 14.8 Å². The van der Waals surface area contributed by atoms with Crippen molar-refractivity contribution in [2.24, 2.45) is 0 Å². The molecule has 7 nitrogen and oxygen atoms in total. The maximum Gasteiger partial charge on any atom is 0.321 e. The summed E-state index contributed by atoms with van der Waals surface area (Å²) in [5.74, 6) is 0.876. The lowest BCUT2D eigenvalue weighted by Crippen LogP contribution is -2.46. The predicted octanol–water partition coefficient (Wildman–Crippen LogP) is 2.56. The summed E-state index contributed by atoms with van der Waals surface area (Å²) in [4.78, 5) is 14.1. The number of para-hydroxylation sites is 1. The lowest BCUT2D eigenvalue weighted by molar-refractivity contribution is 0.101. The van der Waals surface area contributed by atoms with Crippen LogP contribution in [-0.4, -0.2) is 47.4 Å². The van der Waals surface area contributed by atoms with Crippen molar-refractivity contribution in [1.82, 2.24) is 15.1 Å². The summed E-state index contributed by atoms with van der Waals surface area (Å²) in [6.45, 7) is 1.24. The number of anilines is 1. The van der Waals surface area contributed by atoms with Gasteiger partial charge in [-0.3, -0.25) is 0 Å². The van der Waals surface area contributed by atoms with E-state index in [1.54, 1.807) is 17.0 Å². The molecule has 1 fully saturated rings. The molecular weight excluding hydrogens is 308 g/mol. The normalized spacial score (nSPS) is 17.2. The highest BCUT2D eigenvalue weighted by atomic mass is 16.5. The van der Waals surface area contributed by atoms with Gasteiger partial charge in [-0.1, -0.05) is 18.2 Å². The lowest BCUT2D eigenvalue weighted by atomic mass is 10.1. The molecule has 0 bridgehead atoms. The fourth-order valence-electron chi connectivity index (χ4n) is 2.59. The van der Waals surface area contributed by atoms with Crippen LogP contribution in [0, 0.1) is 0 Å². The Kier molecular flexibility index (Phi) is 5.10. The van der Waals surface area contributed by atoms with Gasteiger partial charge in [0.1, 0.15) is 6.10 Å². The SMILES string of the molecule is COc1ccc(OC2CCCN(C(=O)Nc3ccccc3)C2)nn1. The first-order valence-corrected chi connectivity index (χ1v) is 7.90. The minimum absolute atomic E-state index is 0.0945. The first kappa shape index (κ1) is 16.0. The number of carbonyl (C=O) groups is 1. The molecular formula is C17H20N4O3. The van der Waals surface area contributed by atoms with Gasteiger partial charge in [-0.25, -0.2) is 4.79 Å². The Hall–Kier alpha value is -2.83. The summed E-state index contributed by atoms with van der Waals surface area (Å²) in [6, 6.07) is 12.7. The fraction of sp³-hybridized carbons (Fsp3) is 0.353. The van der Waals surface area contributed by atoms with Crippen molar-refractivity contribution in [1.29, 1.82) is 0 Å². The molecule has 2 amide bonds. The second kappa shape index (κ2) is 7.63. The molecule has 1 aromatic carbocycles. The molecule has 0 spiro atoms. The molecule has 2 heterocycles. The van der Waals surface area contributed by atoms with E-state index in [0.29, 0.717) is 24.8 Å². The smallest absolute Gasteiger partial charge is 0.321 e. The maximum atomic E-state index is 12.4. The fourth-order valence-corrected chi connectivity index (χ4v) is 2.59. The second-order valence-electron chi connectivity index (χ2n) is 5.54. The van der Waals surface area contributed by atoms with Crippen LogP contribution in [-0.2, 0) is 0 Å². The Labute approximate surface area is 140 Å². The highest BCUT2D eigenvalue weighted by molar-refractivity contribution is 5.89. The summed E-state index contributed by atoms with van der Waals surface area (Å²) < 4.78 is 10.8. The van der Waals surface area contributed by atoms with Crippen molar-refractivity contribution in [2.45, 2.75) is 18.9 Å². The first-order valence-electron chi connectivity index (χ1n) is 7.90. The number of hydrogen-bond acceptors (Lipinski definition) is 5. The van der Waals surface area contributed by atoms with Gasteiger partial charge in [-0.05, 0) is 25.0 Å². The van der Waals surface area contributed by atoms with Gasteiger partial charge in [-0.2, -0.15) is 0 Å². The molecule has 126 valence electrons. The van der Waals surface area contributed by atoms with E-state index in [1.807, 2.05) is 30.3 Å². The van der Waals surface area contributed by atoms with Crippen LogP contribution in [0.2, 0.25) is 0 Å². The van der Waals surface area contributed by atoms with Crippen molar-refractivity contribution in [2.75, 3.05) is 25.5 Å². The van der Waals surface area contributed by atoms with Crippen LogP contribution in [0.4, 0.5) is 10.5 Å². The first-order chi connectivity index (χ1) is 11.7. The Morgan fingerprint density at radius 2 is 1.92 bits per heavy atom. The number of rotatable bonds is 4. The van der Waals surface area contributed by atoms with Crippen LogP contribution in [0.3, 0.4) is 0 Å². The van der Waals surface area contributed by atoms with Gasteiger partial charge in [0.05, 0.1) is 13.7 Å². The van der Waals surface area contributed by atoms with Crippen LogP contribution in [0.25, 0.3) is 0 Å². The van der Waals surface area contributed by atoms with Crippen molar-refractivity contribution in [3.8, 4) is 11.8 Å². The summed E-state index contributed by atoms with van der Waals surface area (Å²) in [5, 5.41) is 10.7. The average molecular weight is 328 g/mol. The molecule has 7 heteroatoms. The number of methoxy groups -OCH3 is 1. The summed E-state index contributed by atoms with van der Waals surface area (Å²) >= 11 is 0. The molecule has 1 saturated heterocycles. The third-order valence-electron chi connectivity index (χ3n) is 3.80. The molecule has 3 rings (SSSR count). The molecule has 2 aromatic rings. The lowest BCUT2D eigenvalue weighted by Gasteiger charge is -2.32. The number of piperidine rings is 1. The van der Waals surface area contributed by atoms with E-state index in [-0.39, 0.29) is 12.1 Å². The van der Waals surface area contributed by atoms with Crippen LogP contribution in [0.5, 0.6) is 11.8 Å². The Morgan fingerprint density at radius 3 is 2.62 bits per heavy atom. The van der Waals surface area contributed by atoms with E-state index in [1.165, 1.54) is 7.11 Å². The molecule has 0 saturated carbocycles. The predicted molar refractivity (Wildman–Crippen MR) is 89.3 cm³/mol. The second-order valence-corrected chi connectivity index (χ2v) is 5.54. The van der Waals surface area contributed by atoms with E-state index >= 15 is 0 Å². The van der Waals surface area contributed by atoms with Gasteiger partial charge < -0.3 is 19.7 Å². The maximum absolute atomic E-state index is 12.4. The number of nitrogens with one attached hydrogen (secondary N) is 1. The minimum atomic E-state index is -0.115. The monoisotopic (exact) mass is 328 g/mol. The van der Waals surface area contributed by atoms with Gasteiger partial charge in [0.15, 0.2) is 0 Å². The van der Waals surface area contributed by atoms with Crippen LogP contribution in [0.15, 0.2) is 42.5 Å². The van der Waals surface area contributed by atoms with E-state index < -0.39 is 0 Å². The van der Waals surface area contributed by atoms with Crippen molar-refractivity contribution in [3.05, 3.63) is 42.5 Å². The summed E-state index contributed by atoms with van der Waals surface area (Å²) in [5.41, 5.74) is 0.784. The highest BCUT2D eigenvalue weighted by Gasteiger charge is 2.25. The zero-order chi connectivity index (χ0) is 16.8. The van der Waals surface area contributed by atoms with E-state index in [9.17, 15) is 4.79 Å². The van der Waals surface area contributed by atoms with Crippen molar-refractivity contribution in [3.63, 3.8) is 0 Å². The van der Waals surface area contributed by atoms with Gasteiger partial charge in [0.25, 0.3) is 0 Å². The average Bonchev–Trinajstić information content (AvgIpc) is 2.63. The summed E-state index contributed by atoms with van der Waals surface area (Å²) in [7, 11) is 1.54. The van der Waals surface area contributed by atoms with Gasteiger partial charge in [-0.15, -0.1) is 10.2 Å². The molecule has 0 radical (unpaired) electrons. The number of aromatic nitrogens is 2. The van der Waals surface area contributed by atoms with E-state index in [4.69, 9.17) is 9.47 Å². The van der Waals surface area contributed by atoms with E-state index in [0.717, 1.165) is 18.5 Å². The third kappa shape index (κ3) is 4.13. The number of urea groups is 1. The number of nitrogens with zero attached hydrogens (tertiary/aromatic N) is 3. The Balaban J connectivity index is 1.56. The molecule has 1 atom stereocenters. The molecule has 1 aliphatic heterocycles. The number of likely N-dealkylation sites (tertiary alicyclic amines) is 1. The number of ether oxygens (including phenoxy) is 2. The minimum Gasteiger partial charge on any atom is -0.480 e. The zero-order valence-electron chi connectivity index (χ0n) is 13.5. The Bertz CT molecular complexity index is 663. The topological polar surface area (TPSA) is 76.6 Å². The van der Waals surface area contributed by atoms with Gasteiger partial charge >= 0.3 is 6.03 Å². The Morgan fingerprint density at radius 1 is 1.17 bits per heavy atom. The van der Waals surface area contributed by atoms with Gasteiger partial charge in [0, 0.05) is 24.4 Å². The standard InChI is InChI=1S/C17H20N4O3/c1-23-15-9-10-16(20-19-15)24-14-8-5-11-21(12-14)17(22)18-13-6-3-2-4-7-13/h2-4,6-7,9-10,14H,5,8,11-12H2,1H3,(H,18,22). The summed E-state index contributed by atoms with van der Waals surface area (Å²) in [6.07, 6.45) is 1.67. The number of carbonyl (C=O) groups excluding carboxylic acids is 1. The molecule has 24 heavy (non-hydrogen) atoms. The molecule has 1 N–H and O–H groups in total. The van der Waals surface area contributed by atoms with E-state index in [2.05, 4.69) is 15.5 Å². The number of hydrogen-bond donors (Lipinski definition) is 1. The van der Waals surface area contributed by atoms with Crippen LogP contribution in [0.1, 0.15) is 12.8 Å². The largest absolute Gasteiger partial charge is 0.480 e. The number of amides is 2. The molecule has 0 aliphatic carbocycles. The third-order valence-corrected chi connectivity index (χ3v) is 3.80. The number of benzene rings is 1. The zero-order valence-corrected chi connectivity index (χ0v) is 13.5. The molecule has 1 aromatic heterocycles. The van der Waals surface area contributed by atoms with Crippen LogP contribution >= 0.6 is 0 Å². The van der Waals surface area contributed by atoms with Crippen molar-refractivity contribution < 1.29 is 14.3 Å². The highest BCUT2D eigenvalue weighted by Crippen LogP contribution is 2.18. The van der Waals surface area contributed by atoms with Crippen molar-refractivity contribution >= 4 is 11.7 Å². The quantitative estimate of drug-likeness (QED) is 0.933. The molecule has 1 unspecified atom stereocenters. The van der Waals surface area contributed by atoms with Gasteiger partial charge in [0.2, 0.25) is 11.8 Å².